The van der Waals surface area contributed by atoms with E-state index >= 15 is 0 Å². The molecule has 0 aliphatic carbocycles. The van der Waals surface area contributed by atoms with Crippen molar-refractivity contribution < 1.29 is 22.7 Å². The molecule has 0 N–H and O–H groups in total. The highest BCUT2D eigenvalue weighted by Crippen LogP contribution is 2.09. The molecule has 0 atom stereocenters. The summed E-state index contributed by atoms with van der Waals surface area (Å²) in [5.74, 6) is -0.432. The van der Waals surface area contributed by atoms with E-state index in [9.17, 15) is 13.2 Å². The Labute approximate surface area is 122 Å². The zero-order chi connectivity index (χ0) is 15.6. The Morgan fingerprint density at radius 3 is 2.30 bits per heavy atom. The van der Waals surface area contributed by atoms with E-state index in [-0.39, 0.29) is 26.1 Å². The zero-order valence-electron chi connectivity index (χ0n) is 12.8. The van der Waals surface area contributed by atoms with Gasteiger partial charge in [0.15, 0.2) is 0 Å². The van der Waals surface area contributed by atoms with Crippen LogP contribution in [0.1, 0.15) is 26.2 Å². The molecule has 120 valence electrons. The van der Waals surface area contributed by atoms with Gasteiger partial charge in [0.25, 0.3) is 10.2 Å². The van der Waals surface area contributed by atoms with Crippen LogP contribution in [-0.2, 0) is 24.5 Å². The summed E-state index contributed by atoms with van der Waals surface area (Å²) >= 11 is 0. The summed E-state index contributed by atoms with van der Waals surface area (Å²) in [4.78, 5) is 11.2. The number of unbranched alkanes of at least 4 members (excludes halogenated alkanes) is 1. The lowest BCUT2D eigenvalue weighted by Crippen LogP contribution is -2.44. The van der Waals surface area contributed by atoms with E-state index in [1.807, 2.05) is 6.92 Å². The van der Waals surface area contributed by atoms with Gasteiger partial charge in [0, 0.05) is 33.8 Å². The lowest BCUT2D eigenvalue weighted by Gasteiger charge is -2.27. The highest BCUT2D eigenvalue weighted by atomic mass is 32.2. The van der Waals surface area contributed by atoms with Gasteiger partial charge in [-0.2, -0.15) is 17.0 Å². The quantitative estimate of drug-likeness (QED) is 0.519. The maximum atomic E-state index is 12.4. The Bertz CT molecular complexity index is 372. The molecule has 0 radical (unpaired) electrons. The minimum Gasteiger partial charge on any atom is -0.469 e. The maximum Gasteiger partial charge on any atom is 0.306 e. The van der Waals surface area contributed by atoms with E-state index < -0.39 is 16.2 Å². The van der Waals surface area contributed by atoms with E-state index in [2.05, 4.69) is 4.74 Å². The molecule has 0 bridgehead atoms. The molecular formula is C12H26N2O5S. The fraction of sp³-hybridized carbons (Fsp3) is 0.917. The van der Waals surface area contributed by atoms with Crippen LogP contribution in [0.5, 0.6) is 0 Å². The molecule has 8 heteroatoms. The molecule has 0 fully saturated rings. The standard InChI is InChI=1S/C12H26N2O5S/c1-5-6-8-13(2)20(16,17)14(10-11-18-3)9-7-12(15)19-4/h5-11H2,1-4H3. The van der Waals surface area contributed by atoms with Gasteiger partial charge in [0.05, 0.1) is 20.1 Å². The Kier molecular flexibility index (Phi) is 9.74. The van der Waals surface area contributed by atoms with Crippen LogP contribution in [-0.4, -0.2) is 70.5 Å². The molecule has 0 aromatic heterocycles. The van der Waals surface area contributed by atoms with Crippen molar-refractivity contribution in [3.63, 3.8) is 0 Å². The molecule has 0 unspecified atom stereocenters. The predicted molar refractivity (Wildman–Crippen MR) is 76.5 cm³/mol. The number of hydrogen-bond donors (Lipinski definition) is 0. The van der Waals surface area contributed by atoms with Crippen molar-refractivity contribution in [2.24, 2.45) is 0 Å². The van der Waals surface area contributed by atoms with Crippen LogP contribution in [0.15, 0.2) is 0 Å². The number of nitrogens with zero attached hydrogens (tertiary/aromatic N) is 2. The number of methoxy groups -OCH3 is 2. The molecule has 7 nitrogen and oxygen atoms in total. The van der Waals surface area contributed by atoms with Gasteiger partial charge < -0.3 is 9.47 Å². The Balaban J connectivity index is 4.75. The minimum atomic E-state index is -3.57. The number of carbonyl (C=O) groups excluding carboxylic acids is 1. The van der Waals surface area contributed by atoms with Gasteiger partial charge in [-0.3, -0.25) is 4.79 Å². The highest BCUT2D eigenvalue weighted by molar-refractivity contribution is 7.86. The van der Waals surface area contributed by atoms with Crippen LogP contribution < -0.4 is 0 Å². The van der Waals surface area contributed by atoms with Crippen molar-refractivity contribution in [2.45, 2.75) is 26.2 Å². The average Bonchev–Trinajstić information content (AvgIpc) is 2.43. The molecule has 0 aromatic rings. The molecular weight excluding hydrogens is 284 g/mol. The second-order valence-electron chi connectivity index (χ2n) is 4.40. The van der Waals surface area contributed by atoms with Crippen LogP contribution in [0.2, 0.25) is 0 Å². The van der Waals surface area contributed by atoms with Crippen LogP contribution in [0.4, 0.5) is 0 Å². The van der Waals surface area contributed by atoms with Crippen molar-refractivity contribution in [3.8, 4) is 0 Å². The fourth-order valence-corrected chi connectivity index (χ4v) is 2.93. The smallest absolute Gasteiger partial charge is 0.306 e. The third-order valence-corrected chi connectivity index (χ3v) is 4.87. The fourth-order valence-electron chi connectivity index (χ4n) is 1.55. The lowest BCUT2D eigenvalue weighted by atomic mass is 10.3. The summed E-state index contributed by atoms with van der Waals surface area (Å²) in [5.41, 5.74) is 0. The summed E-state index contributed by atoms with van der Waals surface area (Å²) < 4.78 is 36.8. The number of carbonyl (C=O) groups is 1. The molecule has 0 aromatic carbocycles. The van der Waals surface area contributed by atoms with Crippen molar-refractivity contribution in [1.29, 1.82) is 0 Å². The molecule has 0 aliphatic heterocycles. The number of rotatable bonds is 11. The third-order valence-electron chi connectivity index (χ3n) is 2.88. The summed E-state index contributed by atoms with van der Waals surface area (Å²) in [6, 6.07) is 0. The summed E-state index contributed by atoms with van der Waals surface area (Å²) in [6.45, 7) is 3.05. The third kappa shape index (κ3) is 6.65. The molecule has 0 spiro atoms. The molecule has 0 saturated carbocycles. The number of hydrogen-bond acceptors (Lipinski definition) is 5. The molecule has 0 heterocycles. The zero-order valence-corrected chi connectivity index (χ0v) is 13.6. The molecule has 20 heavy (non-hydrogen) atoms. The first-order valence-electron chi connectivity index (χ1n) is 6.67. The Morgan fingerprint density at radius 1 is 1.15 bits per heavy atom. The van der Waals surface area contributed by atoms with Gasteiger partial charge in [-0.1, -0.05) is 13.3 Å². The Hall–Kier alpha value is -0.700. The topological polar surface area (TPSA) is 76.2 Å². The van der Waals surface area contributed by atoms with Gasteiger partial charge in [-0.15, -0.1) is 0 Å². The van der Waals surface area contributed by atoms with E-state index in [1.54, 1.807) is 7.05 Å². The van der Waals surface area contributed by atoms with Gasteiger partial charge in [0.1, 0.15) is 0 Å². The first kappa shape index (κ1) is 19.3. The van der Waals surface area contributed by atoms with E-state index in [0.717, 1.165) is 12.8 Å². The van der Waals surface area contributed by atoms with Gasteiger partial charge in [-0.25, -0.2) is 0 Å². The van der Waals surface area contributed by atoms with Gasteiger partial charge in [0.2, 0.25) is 0 Å². The largest absolute Gasteiger partial charge is 0.469 e. The molecule has 0 amide bonds. The van der Waals surface area contributed by atoms with Gasteiger partial charge in [-0.05, 0) is 6.42 Å². The normalized spacial score (nSPS) is 12.1. The maximum absolute atomic E-state index is 12.4. The van der Waals surface area contributed by atoms with E-state index in [0.29, 0.717) is 6.54 Å². The van der Waals surface area contributed by atoms with Gasteiger partial charge >= 0.3 is 5.97 Å². The summed E-state index contributed by atoms with van der Waals surface area (Å²) in [5, 5.41) is 0. The van der Waals surface area contributed by atoms with Crippen molar-refractivity contribution in [1.82, 2.24) is 8.61 Å². The summed E-state index contributed by atoms with van der Waals surface area (Å²) in [7, 11) is 0.761. The molecule has 0 saturated heterocycles. The van der Waals surface area contributed by atoms with Crippen LogP contribution in [0, 0.1) is 0 Å². The molecule has 0 rings (SSSR count). The predicted octanol–water partition coefficient (Wildman–Crippen LogP) is 0.475. The first-order valence-corrected chi connectivity index (χ1v) is 8.07. The number of ether oxygens (including phenoxy) is 2. The second kappa shape index (κ2) is 10.1. The van der Waals surface area contributed by atoms with Crippen molar-refractivity contribution in [2.75, 3.05) is 47.5 Å². The molecule has 0 aliphatic rings. The van der Waals surface area contributed by atoms with Crippen molar-refractivity contribution >= 4 is 16.2 Å². The van der Waals surface area contributed by atoms with Crippen LogP contribution in [0.25, 0.3) is 0 Å². The Morgan fingerprint density at radius 2 is 1.80 bits per heavy atom. The highest BCUT2D eigenvalue weighted by Gasteiger charge is 2.26. The first-order chi connectivity index (χ1) is 9.39. The van der Waals surface area contributed by atoms with Crippen molar-refractivity contribution in [3.05, 3.63) is 0 Å². The van der Waals surface area contributed by atoms with Crippen LogP contribution in [0.3, 0.4) is 0 Å². The van der Waals surface area contributed by atoms with E-state index in [1.165, 1.54) is 22.8 Å². The number of esters is 1. The lowest BCUT2D eigenvalue weighted by molar-refractivity contribution is -0.140. The summed E-state index contributed by atoms with van der Waals surface area (Å²) in [6.07, 6.45) is 1.74. The minimum absolute atomic E-state index is 0.0288. The monoisotopic (exact) mass is 310 g/mol. The van der Waals surface area contributed by atoms with E-state index in [4.69, 9.17) is 4.74 Å². The van der Waals surface area contributed by atoms with Crippen LogP contribution >= 0.6 is 0 Å². The SMILES string of the molecule is CCCCN(C)S(=O)(=O)N(CCOC)CCC(=O)OC. The average molecular weight is 310 g/mol. The second-order valence-corrected chi connectivity index (χ2v) is 6.44.